The maximum atomic E-state index is 10.4. The Hall–Kier alpha value is -0.600. The number of hydrogen-bond donors (Lipinski definition) is 1. The third-order valence-electron chi connectivity index (χ3n) is 4.01. The average molecular weight is 178 g/mol. The number of rotatable bonds is 1. The van der Waals surface area contributed by atoms with Crippen LogP contribution in [0.5, 0.6) is 0 Å². The SMILES string of the molecule is C=CC1(O)[C@@H]2C=C[C@H]1[C@H]1COC[C@H]12. The largest absolute Gasteiger partial charge is 0.385 e. The molecule has 2 bridgehead atoms. The highest BCUT2D eigenvalue weighted by Crippen LogP contribution is 2.56. The van der Waals surface area contributed by atoms with Crippen molar-refractivity contribution < 1.29 is 9.84 Å². The van der Waals surface area contributed by atoms with Gasteiger partial charge in [-0.25, -0.2) is 0 Å². The molecule has 0 radical (unpaired) electrons. The third kappa shape index (κ3) is 0.720. The van der Waals surface area contributed by atoms with E-state index in [1.54, 1.807) is 6.08 Å². The fourth-order valence-corrected chi connectivity index (χ4v) is 3.34. The van der Waals surface area contributed by atoms with Crippen molar-refractivity contribution >= 4 is 0 Å². The molecule has 1 saturated carbocycles. The summed E-state index contributed by atoms with van der Waals surface area (Å²) < 4.78 is 5.44. The van der Waals surface area contributed by atoms with Crippen molar-refractivity contribution in [2.75, 3.05) is 13.2 Å². The molecule has 0 spiro atoms. The Morgan fingerprint density at radius 3 is 2.31 bits per heavy atom. The van der Waals surface area contributed by atoms with Crippen LogP contribution in [0.3, 0.4) is 0 Å². The smallest absolute Gasteiger partial charge is 0.0956 e. The van der Waals surface area contributed by atoms with Gasteiger partial charge in [0.2, 0.25) is 0 Å². The Balaban J connectivity index is 2.04. The van der Waals surface area contributed by atoms with Crippen molar-refractivity contribution in [1.82, 2.24) is 0 Å². The van der Waals surface area contributed by atoms with Crippen molar-refractivity contribution in [2.45, 2.75) is 5.60 Å². The van der Waals surface area contributed by atoms with Crippen LogP contribution in [0.2, 0.25) is 0 Å². The molecule has 3 aliphatic rings. The van der Waals surface area contributed by atoms with Crippen molar-refractivity contribution in [3.05, 3.63) is 24.8 Å². The highest BCUT2D eigenvalue weighted by atomic mass is 16.5. The molecule has 2 heteroatoms. The average Bonchev–Trinajstić information content (AvgIpc) is 2.76. The molecule has 1 unspecified atom stereocenters. The molecule has 70 valence electrons. The van der Waals surface area contributed by atoms with E-state index in [2.05, 4.69) is 18.7 Å². The molecule has 1 N–H and O–H groups in total. The van der Waals surface area contributed by atoms with Crippen molar-refractivity contribution in [1.29, 1.82) is 0 Å². The standard InChI is InChI=1S/C11H14O2/c1-2-11(12)9-3-4-10(11)8-6-13-5-7(8)9/h2-4,7-10,12H,1,5-6H2/t7-,8+,9-,10+,11?. The Kier molecular flexibility index (Phi) is 1.35. The summed E-state index contributed by atoms with van der Waals surface area (Å²) in [5, 5.41) is 10.4. The molecule has 2 fully saturated rings. The van der Waals surface area contributed by atoms with E-state index in [1.165, 1.54) is 0 Å². The van der Waals surface area contributed by atoms with E-state index in [1.807, 2.05) is 0 Å². The van der Waals surface area contributed by atoms with Gasteiger partial charge in [-0.2, -0.15) is 0 Å². The first kappa shape index (κ1) is 7.77. The third-order valence-corrected chi connectivity index (χ3v) is 4.01. The molecule has 13 heavy (non-hydrogen) atoms. The number of hydrogen-bond acceptors (Lipinski definition) is 2. The Morgan fingerprint density at radius 1 is 1.31 bits per heavy atom. The zero-order valence-electron chi connectivity index (χ0n) is 7.52. The van der Waals surface area contributed by atoms with Crippen molar-refractivity contribution in [2.24, 2.45) is 23.7 Å². The first-order valence-electron chi connectivity index (χ1n) is 4.89. The number of fused-ring (bicyclic) bond motifs is 5. The van der Waals surface area contributed by atoms with Crippen LogP contribution in [0.25, 0.3) is 0 Å². The summed E-state index contributed by atoms with van der Waals surface area (Å²) in [6, 6.07) is 0. The maximum absolute atomic E-state index is 10.4. The minimum atomic E-state index is -0.668. The lowest BCUT2D eigenvalue weighted by atomic mass is 9.86. The lowest BCUT2D eigenvalue weighted by molar-refractivity contribution is 0.0239. The molecule has 1 heterocycles. The van der Waals surface area contributed by atoms with Crippen LogP contribution in [0, 0.1) is 23.7 Å². The van der Waals surface area contributed by atoms with Crippen LogP contribution in [0.4, 0.5) is 0 Å². The second-order valence-corrected chi connectivity index (χ2v) is 4.39. The van der Waals surface area contributed by atoms with Crippen LogP contribution >= 0.6 is 0 Å². The highest BCUT2D eigenvalue weighted by Gasteiger charge is 2.60. The Labute approximate surface area is 77.9 Å². The van der Waals surface area contributed by atoms with Crippen LogP contribution in [-0.2, 0) is 4.74 Å². The summed E-state index contributed by atoms with van der Waals surface area (Å²) in [6.45, 7) is 5.38. The highest BCUT2D eigenvalue weighted by molar-refractivity contribution is 5.30. The minimum absolute atomic E-state index is 0.252. The van der Waals surface area contributed by atoms with Gasteiger partial charge in [-0.15, -0.1) is 6.58 Å². The van der Waals surface area contributed by atoms with E-state index in [0.717, 1.165) is 13.2 Å². The lowest BCUT2D eigenvalue weighted by Crippen LogP contribution is -2.34. The van der Waals surface area contributed by atoms with Gasteiger partial charge in [-0.05, 0) is 11.8 Å². The van der Waals surface area contributed by atoms with Gasteiger partial charge in [0.05, 0.1) is 18.8 Å². The van der Waals surface area contributed by atoms with Gasteiger partial charge >= 0.3 is 0 Å². The molecule has 0 aromatic heterocycles. The fourth-order valence-electron chi connectivity index (χ4n) is 3.34. The minimum Gasteiger partial charge on any atom is -0.385 e. The summed E-state index contributed by atoms with van der Waals surface area (Å²) in [6.07, 6.45) is 6.00. The topological polar surface area (TPSA) is 29.5 Å². The summed E-state index contributed by atoms with van der Waals surface area (Å²) in [7, 11) is 0. The van der Waals surface area contributed by atoms with Gasteiger partial charge in [0.1, 0.15) is 0 Å². The molecular weight excluding hydrogens is 164 g/mol. The Bertz CT molecular complexity index is 262. The van der Waals surface area contributed by atoms with E-state index >= 15 is 0 Å². The van der Waals surface area contributed by atoms with Gasteiger partial charge in [0, 0.05) is 11.8 Å². The number of aliphatic hydroxyl groups is 1. The molecule has 1 aliphatic heterocycles. The monoisotopic (exact) mass is 178 g/mol. The van der Waals surface area contributed by atoms with E-state index in [0.29, 0.717) is 11.8 Å². The van der Waals surface area contributed by atoms with Gasteiger partial charge in [0.25, 0.3) is 0 Å². The zero-order chi connectivity index (χ0) is 9.05. The molecule has 0 aromatic carbocycles. The fraction of sp³-hybridized carbons (Fsp3) is 0.636. The molecule has 1 saturated heterocycles. The van der Waals surface area contributed by atoms with Crippen LogP contribution in [0.15, 0.2) is 24.8 Å². The molecule has 3 rings (SSSR count). The predicted octanol–water partition coefficient (Wildman–Crippen LogP) is 0.982. The normalized spacial score (nSPS) is 57.0. The molecule has 0 amide bonds. The number of ether oxygens (including phenoxy) is 1. The van der Waals surface area contributed by atoms with Gasteiger partial charge in [-0.1, -0.05) is 18.2 Å². The second-order valence-electron chi connectivity index (χ2n) is 4.39. The van der Waals surface area contributed by atoms with E-state index < -0.39 is 5.60 Å². The molecule has 0 aromatic rings. The van der Waals surface area contributed by atoms with Crippen LogP contribution in [-0.4, -0.2) is 23.9 Å². The van der Waals surface area contributed by atoms with Gasteiger partial charge in [0.15, 0.2) is 0 Å². The summed E-state index contributed by atoms with van der Waals surface area (Å²) >= 11 is 0. The summed E-state index contributed by atoms with van der Waals surface area (Å²) in [5.74, 6) is 1.56. The van der Waals surface area contributed by atoms with Gasteiger partial charge in [-0.3, -0.25) is 0 Å². The van der Waals surface area contributed by atoms with Gasteiger partial charge < -0.3 is 9.84 Å². The van der Waals surface area contributed by atoms with Crippen LogP contribution in [0.1, 0.15) is 0 Å². The first-order valence-corrected chi connectivity index (χ1v) is 4.89. The quantitative estimate of drug-likeness (QED) is 0.606. The van der Waals surface area contributed by atoms with Crippen LogP contribution < -0.4 is 0 Å². The van der Waals surface area contributed by atoms with E-state index in [9.17, 15) is 5.11 Å². The molecular formula is C11H14O2. The molecule has 5 atom stereocenters. The summed E-state index contributed by atoms with van der Waals surface area (Å²) in [5.41, 5.74) is -0.668. The Morgan fingerprint density at radius 2 is 1.85 bits per heavy atom. The predicted molar refractivity (Wildman–Crippen MR) is 49.1 cm³/mol. The lowest BCUT2D eigenvalue weighted by Gasteiger charge is -2.26. The van der Waals surface area contributed by atoms with E-state index in [4.69, 9.17) is 4.74 Å². The van der Waals surface area contributed by atoms with E-state index in [-0.39, 0.29) is 11.8 Å². The summed E-state index contributed by atoms with van der Waals surface area (Å²) in [4.78, 5) is 0. The maximum Gasteiger partial charge on any atom is 0.0956 e. The molecule has 2 aliphatic carbocycles. The van der Waals surface area contributed by atoms with Crippen molar-refractivity contribution in [3.63, 3.8) is 0 Å². The first-order chi connectivity index (χ1) is 6.27. The second kappa shape index (κ2) is 2.25. The zero-order valence-corrected chi connectivity index (χ0v) is 7.52. The molecule has 2 nitrogen and oxygen atoms in total. The van der Waals surface area contributed by atoms with Crippen molar-refractivity contribution in [3.8, 4) is 0 Å².